The Morgan fingerprint density at radius 3 is 2.38 bits per heavy atom. The largest absolute Gasteiger partial charge is 0.393 e. The van der Waals surface area contributed by atoms with Crippen LogP contribution in [0.3, 0.4) is 0 Å². The third-order valence-electron chi connectivity index (χ3n) is 3.40. The van der Waals surface area contributed by atoms with Gasteiger partial charge < -0.3 is 5.11 Å². The van der Waals surface area contributed by atoms with Gasteiger partial charge in [0.15, 0.2) is 0 Å². The van der Waals surface area contributed by atoms with Crippen molar-refractivity contribution in [3.8, 4) is 0 Å². The number of aryl methyl sites for hydroxylation is 2. The van der Waals surface area contributed by atoms with Crippen LogP contribution in [0.25, 0.3) is 0 Å². The van der Waals surface area contributed by atoms with Crippen molar-refractivity contribution < 1.29 is 5.11 Å². The van der Waals surface area contributed by atoms with Crippen molar-refractivity contribution in [1.82, 2.24) is 0 Å². The van der Waals surface area contributed by atoms with Gasteiger partial charge in [0.05, 0.1) is 6.10 Å². The van der Waals surface area contributed by atoms with Crippen LogP contribution in [0.15, 0.2) is 18.2 Å². The van der Waals surface area contributed by atoms with Crippen LogP contribution in [0.2, 0.25) is 0 Å². The molecule has 16 heavy (non-hydrogen) atoms. The van der Waals surface area contributed by atoms with E-state index in [0.29, 0.717) is 0 Å². The summed E-state index contributed by atoms with van der Waals surface area (Å²) in [5, 5.41) is 10.0. The van der Waals surface area contributed by atoms with E-state index in [0.717, 1.165) is 12.8 Å². The van der Waals surface area contributed by atoms with Crippen molar-refractivity contribution in [1.29, 1.82) is 0 Å². The summed E-state index contributed by atoms with van der Waals surface area (Å²) in [7, 11) is 0. The summed E-state index contributed by atoms with van der Waals surface area (Å²) in [5.74, 6) is 0. The zero-order chi connectivity index (χ0) is 12.3. The van der Waals surface area contributed by atoms with Gasteiger partial charge in [0.25, 0.3) is 0 Å². The molecule has 0 spiro atoms. The van der Waals surface area contributed by atoms with E-state index < -0.39 is 0 Å². The highest BCUT2D eigenvalue weighted by molar-refractivity contribution is 5.33. The molecule has 0 saturated carbocycles. The predicted octanol–water partition coefficient (Wildman–Crippen LogP) is 3.64. The number of benzene rings is 1. The molecule has 1 aromatic carbocycles. The first-order chi connectivity index (χ1) is 7.32. The van der Waals surface area contributed by atoms with Gasteiger partial charge in [-0.1, -0.05) is 39.0 Å². The third kappa shape index (κ3) is 3.34. The molecule has 0 aliphatic carbocycles. The van der Waals surface area contributed by atoms with Crippen LogP contribution in [-0.2, 0) is 6.42 Å². The topological polar surface area (TPSA) is 20.2 Å². The molecule has 1 unspecified atom stereocenters. The minimum Gasteiger partial charge on any atom is -0.393 e. The average Bonchev–Trinajstić information content (AvgIpc) is 2.18. The van der Waals surface area contributed by atoms with Gasteiger partial charge in [-0.2, -0.15) is 0 Å². The fraction of sp³-hybridized carbons (Fsp3) is 0.600. The van der Waals surface area contributed by atoms with Crippen LogP contribution in [0, 0.1) is 19.3 Å². The fourth-order valence-electron chi connectivity index (χ4n) is 1.81. The van der Waals surface area contributed by atoms with E-state index in [4.69, 9.17) is 0 Å². The minimum atomic E-state index is -0.229. The summed E-state index contributed by atoms with van der Waals surface area (Å²) in [4.78, 5) is 0. The Hall–Kier alpha value is -0.820. The van der Waals surface area contributed by atoms with E-state index >= 15 is 0 Å². The Morgan fingerprint density at radius 1 is 1.19 bits per heavy atom. The molecule has 0 radical (unpaired) electrons. The second-order valence-corrected chi connectivity index (χ2v) is 5.78. The molecule has 1 atom stereocenters. The smallest absolute Gasteiger partial charge is 0.0591 e. The summed E-state index contributed by atoms with van der Waals surface area (Å²) in [5.41, 5.74) is 4.05. The van der Waals surface area contributed by atoms with Crippen molar-refractivity contribution >= 4 is 0 Å². The van der Waals surface area contributed by atoms with Crippen molar-refractivity contribution in [3.63, 3.8) is 0 Å². The predicted molar refractivity (Wildman–Crippen MR) is 69.7 cm³/mol. The van der Waals surface area contributed by atoms with Gasteiger partial charge in [0.2, 0.25) is 0 Å². The van der Waals surface area contributed by atoms with Crippen LogP contribution >= 0.6 is 0 Å². The molecule has 1 heteroatoms. The van der Waals surface area contributed by atoms with Crippen LogP contribution in [0.1, 0.15) is 43.9 Å². The molecule has 0 fully saturated rings. The minimum absolute atomic E-state index is 0.0161. The first-order valence-corrected chi connectivity index (χ1v) is 6.05. The highest BCUT2D eigenvalue weighted by atomic mass is 16.3. The van der Waals surface area contributed by atoms with Gasteiger partial charge in [-0.05, 0) is 48.8 Å². The normalized spacial score (nSPS) is 13.9. The maximum atomic E-state index is 10.0. The van der Waals surface area contributed by atoms with Crippen LogP contribution < -0.4 is 0 Å². The first-order valence-electron chi connectivity index (χ1n) is 6.05. The van der Waals surface area contributed by atoms with E-state index in [9.17, 15) is 5.11 Å². The maximum Gasteiger partial charge on any atom is 0.0591 e. The standard InChI is InChI=1S/C15H24O/c1-11-7-6-8-13(12(11)2)9-10-14(16)15(3,4)5/h6-8,14,16H,9-10H2,1-5H3. The molecule has 0 bridgehead atoms. The van der Waals surface area contributed by atoms with Gasteiger partial charge >= 0.3 is 0 Å². The first kappa shape index (κ1) is 13.2. The summed E-state index contributed by atoms with van der Waals surface area (Å²) >= 11 is 0. The Kier molecular flexibility index (Phi) is 4.15. The number of hydrogen-bond donors (Lipinski definition) is 1. The second-order valence-electron chi connectivity index (χ2n) is 5.78. The van der Waals surface area contributed by atoms with E-state index in [1.165, 1.54) is 16.7 Å². The van der Waals surface area contributed by atoms with Crippen molar-refractivity contribution in [2.75, 3.05) is 0 Å². The van der Waals surface area contributed by atoms with Crippen molar-refractivity contribution in [3.05, 3.63) is 34.9 Å². The lowest BCUT2D eigenvalue weighted by atomic mass is 9.85. The number of aliphatic hydroxyl groups excluding tert-OH is 1. The zero-order valence-corrected chi connectivity index (χ0v) is 11.2. The number of hydrogen-bond acceptors (Lipinski definition) is 1. The van der Waals surface area contributed by atoms with E-state index in [2.05, 4.69) is 52.8 Å². The molecule has 1 N–H and O–H groups in total. The summed E-state index contributed by atoms with van der Waals surface area (Å²) < 4.78 is 0. The molecular formula is C15H24O. The fourth-order valence-corrected chi connectivity index (χ4v) is 1.81. The lowest BCUT2D eigenvalue weighted by Crippen LogP contribution is -2.26. The van der Waals surface area contributed by atoms with Crippen molar-refractivity contribution in [2.45, 2.75) is 53.6 Å². The molecule has 90 valence electrons. The molecule has 0 aliphatic heterocycles. The third-order valence-corrected chi connectivity index (χ3v) is 3.40. The molecule has 1 nitrogen and oxygen atoms in total. The Balaban J connectivity index is 2.65. The molecule has 1 aromatic rings. The molecule has 0 aliphatic rings. The molecular weight excluding hydrogens is 196 g/mol. The van der Waals surface area contributed by atoms with Gasteiger partial charge in [-0.3, -0.25) is 0 Å². The summed E-state index contributed by atoms with van der Waals surface area (Å²) in [6.45, 7) is 10.6. The van der Waals surface area contributed by atoms with Crippen LogP contribution in [0.4, 0.5) is 0 Å². The maximum absolute atomic E-state index is 10.0. The monoisotopic (exact) mass is 220 g/mol. The lowest BCUT2D eigenvalue weighted by molar-refractivity contribution is 0.0559. The highest BCUT2D eigenvalue weighted by Crippen LogP contribution is 2.24. The molecule has 0 heterocycles. The van der Waals surface area contributed by atoms with Crippen LogP contribution in [-0.4, -0.2) is 11.2 Å². The Morgan fingerprint density at radius 2 is 1.81 bits per heavy atom. The van der Waals surface area contributed by atoms with E-state index in [1.54, 1.807) is 0 Å². The van der Waals surface area contributed by atoms with Crippen LogP contribution in [0.5, 0.6) is 0 Å². The average molecular weight is 220 g/mol. The van der Waals surface area contributed by atoms with Gasteiger partial charge in [0, 0.05) is 0 Å². The quantitative estimate of drug-likeness (QED) is 0.824. The Labute approximate surface area is 99.5 Å². The van der Waals surface area contributed by atoms with E-state index in [-0.39, 0.29) is 11.5 Å². The van der Waals surface area contributed by atoms with Gasteiger partial charge in [0.1, 0.15) is 0 Å². The molecule has 1 rings (SSSR count). The summed E-state index contributed by atoms with van der Waals surface area (Å²) in [6.07, 6.45) is 1.58. The number of rotatable bonds is 3. The summed E-state index contributed by atoms with van der Waals surface area (Å²) in [6, 6.07) is 6.40. The molecule has 0 aromatic heterocycles. The van der Waals surface area contributed by atoms with E-state index in [1.807, 2.05) is 0 Å². The molecule has 0 saturated heterocycles. The lowest BCUT2D eigenvalue weighted by Gasteiger charge is -2.26. The van der Waals surface area contributed by atoms with Crippen molar-refractivity contribution in [2.24, 2.45) is 5.41 Å². The highest BCUT2D eigenvalue weighted by Gasteiger charge is 2.21. The van der Waals surface area contributed by atoms with Gasteiger partial charge in [-0.25, -0.2) is 0 Å². The second kappa shape index (κ2) is 5.01. The van der Waals surface area contributed by atoms with Gasteiger partial charge in [-0.15, -0.1) is 0 Å². The zero-order valence-electron chi connectivity index (χ0n) is 11.2. The SMILES string of the molecule is Cc1cccc(CCC(O)C(C)(C)C)c1C. The number of aliphatic hydroxyl groups is 1. The Bertz CT molecular complexity index is 347. The molecule has 0 amide bonds.